The van der Waals surface area contributed by atoms with Gasteiger partial charge in [-0.15, -0.1) is 34.0 Å². The Morgan fingerprint density at radius 3 is 1.94 bits per heavy atom. The Bertz CT molecular complexity index is 2320. The third kappa shape index (κ3) is 8.01. The topological polar surface area (TPSA) is 191 Å². The van der Waals surface area contributed by atoms with Gasteiger partial charge in [0.25, 0.3) is 23.6 Å². The van der Waals surface area contributed by atoms with Crippen molar-refractivity contribution in [3.05, 3.63) is 105 Å². The van der Waals surface area contributed by atoms with Gasteiger partial charge in [-0.1, -0.05) is 12.1 Å². The maximum Gasteiger partial charge on any atom is 0.271 e. The van der Waals surface area contributed by atoms with Crippen molar-refractivity contribution in [1.82, 2.24) is 51.0 Å². The highest BCUT2D eigenvalue weighted by atomic mass is 32.1. The Balaban J connectivity index is 0.865. The molecule has 17 heteroatoms. The first-order valence-corrected chi connectivity index (χ1v) is 18.9. The van der Waals surface area contributed by atoms with Crippen LogP contribution in [0.25, 0.3) is 37.9 Å². The van der Waals surface area contributed by atoms with Crippen LogP contribution >= 0.6 is 34.0 Å². The van der Waals surface area contributed by atoms with Crippen molar-refractivity contribution in [2.24, 2.45) is 0 Å². The van der Waals surface area contributed by atoms with Crippen molar-refractivity contribution < 1.29 is 19.2 Å². The zero-order chi connectivity index (χ0) is 35.9. The number of H-pyrrole nitrogens is 2. The van der Waals surface area contributed by atoms with Crippen LogP contribution in [0.5, 0.6) is 0 Å². The van der Waals surface area contributed by atoms with E-state index >= 15 is 0 Å². The molecule has 0 aliphatic rings. The molecular weight excluding hydrogens is 721 g/mol. The molecule has 0 aliphatic carbocycles. The fourth-order valence-electron chi connectivity index (χ4n) is 5.27. The van der Waals surface area contributed by atoms with Crippen molar-refractivity contribution in [1.29, 1.82) is 0 Å². The van der Waals surface area contributed by atoms with Gasteiger partial charge in [-0.2, -0.15) is 10.2 Å². The fourth-order valence-corrected chi connectivity index (χ4v) is 7.49. The van der Waals surface area contributed by atoms with Crippen molar-refractivity contribution in [3.8, 4) is 32.3 Å². The summed E-state index contributed by atoms with van der Waals surface area (Å²) in [5.74, 6) is -0.959. The summed E-state index contributed by atoms with van der Waals surface area (Å²) in [5, 5.41) is 31.3. The molecule has 4 amide bonds. The molecule has 0 aromatic carbocycles. The number of rotatable bonds is 15. The minimum atomic E-state index is -0.297. The van der Waals surface area contributed by atoms with Crippen molar-refractivity contribution in [2.75, 3.05) is 26.2 Å². The number of nitrogens with one attached hydrogen (secondary N) is 6. The highest BCUT2D eigenvalue weighted by Crippen LogP contribution is 2.32. The van der Waals surface area contributed by atoms with Gasteiger partial charge in [0.1, 0.15) is 11.3 Å². The van der Waals surface area contributed by atoms with E-state index in [0.717, 1.165) is 32.3 Å². The third-order valence-electron chi connectivity index (χ3n) is 7.95. The Labute approximate surface area is 308 Å². The second-order valence-electron chi connectivity index (χ2n) is 11.5. The monoisotopic (exact) mass is 752 g/mol. The maximum atomic E-state index is 12.9. The van der Waals surface area contributed by atoms with Gasteiger partial charge in [-0.3, -0.25) is 33.8 Å². The number of aromatic nitrogens is 6. The van der Waals surface area contributed by atoms with Gasteiger partial charge in [-0.25, -0.2) is 4.98 Å². The number of pyridine rings is 1. The highest BCUT2D eigenvalue weighted by Gasteiger charge is 2.16. The molecule has 7 aromatic rings. The van der Waals surface area contributed by atoms with E-state index in [-0.39, 0.29) is 29.3 Å². The Hall–Kier alpha value is -5.91. The predicted molar refractivity (Wildman–Crippen MR) is 201 cm³/mol. The molecule has 52 heavy (non-hydrogen) atoms. The number of hydrogen-bond acceptors (Lipinski definition) is 10. The normalized spacial score (nSPS) is 11.1. The van der Waals surface area contributed by atoms with E-state index in [9.17, 15) is 19.2 Å². The number of amides is 4. The lowest BCUT2D eigenvalue weighted by molar-refractivity contribution is 0.0932. The second-order valence-corrected chi connectivity index (χ2v) is 14.3. The van der Waals surface area contributed by atoms with Gasteiger partial charge >= 0.3 is 0 Å². The summed E-state index contributed by atoms with van der Waals surface area (Å²) < 4.78 is 1.73. The van der Waals surface area contributed by atoms with Crippen LogP contribution < -0.4 is 21.3 Å². The van der Waals surface area contributed by atoms with Crippen molar-refractivity contribution >= 4 is 63.3 Å². The van der Waals surface area contributed by atoms with Gasteiger partial charge in [0.15, 0.2) is 11.4 Å². The molecular formula is C35H32N10O4S3. The lowest BCUT2D eigenvalue weighted by atomic mass is 10.1. The van der Waals surface area contributed by atoms with E-state index in [4.69, 9.17) is 0 Å². The van der Waals surface area contributed by atoms with Gasteiger partial charge in [-0.05, 0) is 82.6 Å². The Kier molecular flexibility index (Phi) is 10.6. The summed E-state index contributed by atoms with van der Waals surface area (Å²) >= 11 is 4.46. The number of thiophene rings is 3. The average Bonchev–Trinajstić information content (AvgIpc) is 4.00. The molecule has 0 aliphatic heterocycles. The van der Waals surface area contributed by atoms with E-state index in [1.165, 1.54) is 28.9 Å². The largest absolute Gasteiger partial charge is 0.351 e. The highest BCUT2D eigenvalue weighted by molar-refractivity contribution is 7.14. The smallest absolute Gasteiger partial charge is 0.271 e. The van der Waals surface area contributed by atoms with Crippen LogP contribution in [0.1, 0.15) is 54.0 Å². The molecule has 14 nitrogen and oxygen atoms in total. The van der Waals surface area contributed by atoms with Crippen LogP contribution in [-0.4, -0.2) is 79.6 Å². The van der Waals surface area contributed by atoms with Gasteiger partial charge < -0.3 is 21.3 Å². The number of hydrogen-bond donors (Lipinski definition) is 6. The Morgan fingerprint density at radius 1 is 0.654 bits per heavy atom. The van der Waals surface area contributed by atoms with E-state index < -0.39 is 0 Å². The molecule has 0 spiro atoms. The first kappa shape index (κ1) is 34.5. The molecule has 0 fully saturated rings. The van der Waals surface area contributed by atoms with Crippen LogP contribution in [0, 0.1) is 0 Å². The second kappa shape index (κ2) is 16.0. The van der Waals surface area contributed by atoms with Gasteiger partial charge in [0.2, 0.25) is 0 Å². The average molecular weight is 753 g/mol. The summed E-state index contributed by atoms with van der Waals surface area (Å²) in [6, 6.07) is 16.8. The Morgan fingerprint density at radius 2 is 1.29 bits per heavy atom. The summed E-state index contributed by atoms with van der Waals surface area (Å²) in [5.41, 5.74) is 5.01. The van der Waals surface area contributed by atoms with Gasteiger partial charge in [0, 0.05) is 32.4 Å². The van der Waals surface area contributed by atoms with Crippen LogP contribution in [0.15, 0.2) is 83.1 Å². The number of carbonyl (C=O) groups excluding carboxylic acids is 4. The van der Waals surface area contributed by atoms with E-state index in [1.54, 1.807) is 33.9 Å². The lowest BCUT2D eigenvalue weighted by Gasteiger charge is -2.06. The molecule has 0 unspecified atom stereocenters. The quantitative estimate of drug-likeness (QED) is 0.0789. The summed E-state index contributed by atoms with van der Waals surface area (Å²) in [4.78, 5) is 57.1. The zero-order valence-electron chi connectivity index (χ0n) is 27.5. The number of fused-ring (bicyclic) bond motifs is 1. The minimum Gasteiger partial charge on any atom is -0.351 e. The van der Waals surface area contributed by atoms with Crippen LogP contribution in [0.2, 0.25) is 0 Å². The van der Waals surface area contributed by atoms with Crippen LogP contribution in [0.4, 0.5) is 0 Å². The fraction of sp³-hybridized carbons (Fsp3) is 0.171. The summed E-state index contributed by atoms with van der Waals surface area (Å²) in [6.45, 7) is 1.61. The molecule has 7 rings (SSSR count). The minimum absolute atomic E-state index is 0.117. The third-order valence-corrected chi connectivity index (χ3v) is 10.7. The van der Waals surface area contributed by atoms with E-state index in [1.807, 2.05) is 58.7 Å². The maximum absolute atomic E-state index is 12.9. The molecule has 0 bridgehead atoms. The molecule has 0 saturated carbocycles. The molecule has 264 valence electrons. The first-order chi connectivity index (χ1) is 25.4. The predicted octanol–water partition coefficient (Wildman–Crippen LogP) is 5.07. The number of imidazole rings is 1. The van der Waals surface area contributed by atoms with E-state index in [2.05, 4.69) is 46.6 Å². The first-order valence-electron chi connectivity index (χ1n) is 16.3. The standard InChI is InChI=1S/C35H32N10O4S3/c46-32(25-17-23(41-43-25)28-5-1-13-50-28)36-8-3-10-38-34(48)27-19-40-31-16-21(7-12-45(27)31)22-15-30(52-20-22)24-18-26(44-42-24)33(47)37-9-4-11-39-35(49)29-6-2-14-51-29/h1-2,5-7,12-20H,3-4,8-11H2,(H,36,46)(H,37,47)(H,38,48)(H,39,49)(H,41,43)(H,42,44). The molecule has 0 saturated heterocycles. The SMILES string of the molecule is O=C(NCCCNC(=O)c1cccs1)c1cc(-c2cc(-c3ccn4c(C(=O)NCCCNC(=O)c5cc(-c6cccs6)[nH]n5)cnc4c3)cs2)[nH]n1. The zero-order valence-corrected chi connectivity index (χ0v) is 29.9. The summed E-state index contributed by atoms with van der Waals surface area (Å²) in [6.07, 6.45) is 4.48. The number of carbonyl (C=O) groups is 4. The molecule has 6 N–H and O–H groups in total. The molecule has 0 atom stereocenters. The van der Waals surface area contributed by atoms with Crippen molar-refractivity contribution in [3.63, 3.8) is 0 Å². The molecule has 0 radical (unpaired) electrons. The number of nitrogens with zero attached hydrogens (tertiary/aromatic N) is 4. The lowest BCUT2D eigenvalue weighted by Crippen LogP contribution is -2.30. The molecule has 7 heterocycles. The van der Waals surface area contributed by atoms with E-state index in [0.29, 0.717) is 60.9 Å². The number of aromatic amines is 2. The molecule has 7 aromatic heterocycles. The van der Waals surface area contributed by atoms with Crippen LogP contribution in [-0.2, 0) is 0 Å². The van der Waals surface area contributed by atoms with Crippen LogP contribution in [0.3, 0.4) is 0 Å². The van der Waals surface area contributed by atoms with Gasteiger partial charge in [0.05, 0.1) is 32.2 Å². The van der Waals surface area contributed by atoms with Crippen molar-refractivity contribution in [2.45, 2.75) is 12.8 Å². The summed E-state index contributed by atoms with van der Waals surface area (Å²) in [7, 11) is 0.